The molecule has 0 bridgehead atoms. The van der Waals surface area contributed by atoms with Crippen molar-refractivity contribution in [1.82, 2.24) is 10.3 Å². The molecular formula is C16H17FN2O4. The molecule has 0 aliphatic rings. The zero-order chi connectivity index (χ0) is 16.8. The lowest BCUT2D eigenvalue weighted by molar-refractivity contribution is -0.141. The third-order valence-corrected chi connectivity index (χ3v) is 3.29. The van der Waals surface area contributed by atoms with E-state index in [4.69, 9.17) is 9.52 Å². The predicted octanol–water partition coefficient (Wildman–Crippen LogP) is 2.25. The van der Waals surface area contributed by atoms with Crippen LogP contribution >= 0.6 is 0 Å². The minimum absolute atomic E-state index is 0.0697. The van der Waals surface area contributed by atoms with Crippen molar-refractivity contribution in [2.24, 2.45) is 5.92 Å². The van der Waals surface area contributed by atoms with Gasteiger partial charge in [0.15, 0.2) is 11.7 Å². The molecule has 1 atom stereocenters. The van der Waals surface area contributed by atoms with Gasteiger partial charge in [0.25, 0.3) is 0 Å². The highest BCUT2D eigenvalue weighted by Gasteiger charge is 2.14. The van der Waals surface area contributed by atoms with E-state index in [-0.39, 0.29) is 25.3 Å². The molecule has 0 aliphatic heterocycles. The van der Waals surface area contributed by atoms with Crippen LogP contribution in [0.4, 0.5) is 4.39 Å². The van der Waals surface area contributed by atoms with Crippen LogP contribution in [0.1, 0.15) is 19.2 Å². The summed E-state index contributed by atoms with van der Waals surface area (Å²) in [5, 5.41) is 11.3. The summed E-state index contributed by atoms with van der Waals surface area (Å²) in [5.74, 6) is -1.68. The number of carboxylic acids is 1. The number of halogens is 1. The molecule has 2 N–H and O–H groups in total. The van der Waals surface area contributed by atoms with Crippen LogP contribution in [0, 0.1) is 11.7 Å². The highest BCUT2D eigenvalue weighted by atomic mass is 19.1. The van der Waals surface area contributed by atoms with Crippen molar-refractivity contribution in [3.8, 4) is 11.3 Å². The summed E-state index contributed by atoms with van der Waals surface area (Å²) in [7, 11) is 0. The molecule has 1 aromatic heterocycles. The van der Waals surface area contributed by atoms with Gasteiger partial charge < -0.3 is 14.8 Å². The molecule has 1 unspecified atom stereocenters. The van der Waals surface area contributed by atoms with Crippen molar-refractivity contribution >= 4 is 11.9 Å². The molecule has 2 rings (SSSR count). The van der Waals surface area contributed by atoms with Gasteiger partial charge in [-0.2, -0.15) is 0 Å². The monoisotopic (exact) mass is 320 g/mol. The smallest absolute Gasteiger partial charge is 0.308 e. The molecule has 0 fully saturated rings. The number of aliphatic carboxylic acids is 1. The van der Waals surface area contributed by atoms with E-state index in [0.717, 1.165) is 0 Å². The Balaban J connectivity index is 1.87. The summed E-state index contributed by atoms with van der Waals surface area (Å²) in [4.78, 5) is 26.3. The first-order valence-corrected chi connectivity index (χ1v) is 7.16. The van der Waals surface area contributed by atoms with E-state index < -0.39 is 17.7 Å². The lowest BCUT2D eigenvalue weighted by atomic mass is 10.2. The van der Waals surface area contributed by atoms with Crippen molar-refractivity contribution < 1.29 is 23.5 Å². The molecule has 6 nitrogen and oxygen atoms in total. The molecule has 0 aliphatic carbocycles. The number of nitrogens with zero attached hydrogens (tertiary/aromatic N) is 1. The van der Waals surface area contributed by atoms with Crippen LogP contribution in [0.25, 0.3) is 11.3 Å². The molecule has 0 spiro atoms. The number of rotatable bonds is 7. The predicted molar refractivity (Wildman–Crippen MR) is 80.0 cm³/mol. The van der Waals surface area contributed by atoms with Crippen molar-refractivity contribution in [3.05, 3.63) is 42.2 Å². The standard InChI is InChI=1S/C16H17FN2O4/c1-10(16(21)22)8-18-14(20)6-7-15-19-9-13(23-15)11-4-2-3-5-12(11)17/h2-5,9-10H,6-8H2,1H3,(H,18,20)(H,21,22). The van der Waals surface area contributed by atoms with Gasteiger partial charge >= 0.3 is 5.97 Å². The van der Waals surface area contributed by atoms with E-state index in [1.54, 1.807) is 18.2 Å². The van der Waals surface area contributed by atoms with Gasteiger partial charge in [0.05, 0.1) is 17.7 Å². The number of aromatic nitrogens is 1. The van der Waals surface area contributed by atoms with Crippen molar-refractivity contribution in [1.29, 1.82) is 0 Å². The zero-order valence-corrected chi connectivity index (χ0v) is 12.6. The molecule has 1 heterocycles. The first kappa shape index (κ1) is 16.7. The van der Waals surface area contributed by atoms with Gasteiger partial charge in [-0.05, 0) is 12.1 Å². The van der Waals surface area contributed by atoms with E-state index >= 15 is 0 Å². The molecule has 1 aromatic carbocycles. The maximum atomic E-state index is 13.6. The summed E-state index contributed by atoms with van der Waals surface area (Å²) < 4.78 is 19.1. The molecule has 2 aromatic rings. The van der Waals surface area contributed by atoms with Crippen LogP contribution in [0.3, 0.4) is 0 Å². The van der Waals surface area contributed by atoms with Gasteiger partial charge in [-0.25, -0.2) is 9.37 Å². The number of nitrogens with one attached hydrogen (secondary N) is 1. The zero-order valence-electron chi connectivity index (χ0n) is 12.6. The summed E-state index contributed by atoms with van der Waals surface area (Å²) >= 11 is 0. The van der Waals surface area contributed by atoms with Gasteiger partial charge in [0.1, 0.15) is 5.82 Å². The molecular weight excluding hydrogens is 303 g/mol. The second-order valence-electron chi connectivity index (χ2n) is 5.14. The van der Waals surface area contributed by atoms with Crippen molar-refractivity contribution in [3.63, 3.8) is 0 Å². The number of carbonyl (C=O) groups is 2. The minimum atomic E-state index is -0.965. The fraction of sp³-hybridized carbons (Fsp3) is 0.312. The Morgan fingerprint density at radius 2 is 2.13 bits per heavy atom. The Morgan fingerprint density at radius 1 is 1.39 bits per heavy atom. The van der Waals surface area contributed by atoms with Gasteiger partial charge in [0, 0.05) is 19.4 Å². The average Bonchev–Trinajstić information content (AvgIpc) is 2.99. The van der Waals surface area contributed by atoms with E-state index in [2.05, 4.69) is 10.3 Å². The van der Waals surface area contributed by atoms with Crippen LogP contribution in [0.5, 0.6) is 0 Å². The van der Waals surface area contributed by atoms with Crippen molar-refractivity contribution in [2.75, 3.05) is 6.54 Å². The fourth-order valence-electron chi connectivity index (χ4n) is 1.87. The summed E-state index contributed by atoms with van der Waals surface area (Å²) in [6, 6.07) is 6.18. The normalized spacial score (nSPS) is 11.9. The largest absolute Gasteiger partial charge is 0.481 e. The topological polar surface area (TPSA) is 92.4 Å². The number of oxazole rings is 1. The highest BCUT2D eigenvalue weighted by molar-refractivity contribution is 5.77. The SMILES string of the molecule is CC(CNC(=O)CCc1ncc(-c2ccccc2F)o1)C(=O)O. The number of carboxylic acid groups (broad SMARTS) is 1. The molecule has 1 amide bonds. The van der Waals surface area contributed by atoms with Gasteiger partial charge in [-0.1, -0.05) is 19.1 Å². The highest BCUT2D eigenvalue weighted by Crippen LogP contribution is 2.23. The fourth-order valence-corrected chi connectivity index (χ4v) is 1.87. The minimum Gasteiger partial charge on any atom is -0.481 e. The Hall–Kier alpha value is -2.70. The molecule has 122 valence electrons. The first-order chi connectivity index (χ1) is 11.0. The van der Waals surface area contributed by atoms with Crippen LogP contribution in [0.15, 0.2) is 34.9 Å². The Labute approximate surface area is 132 Å². The molecule has 0 saturated heterocycles. The van der Waals surface area contributed by atoms with Gasteiger partial charge in [-0.3, -0.25) is 9.59 Å². The van der Waals surface area contributed by atoms with Gasteiger partial charge in [-0.15, -0.1) is 0 Å². The van der Waals surface area contributed by atoms with Crippen LogP contribution < -0.4 is 5.32 Å². The summed E-state index contributed by atoms with van der Waals surface area (Å²) in [5.41, 5.74) is 0.311. The molecule has 7 heteroatoms. The number of amides is 1. The summed E-state index contributed by atoms with van der Waals surface area (Å²) in [6.45, 7) is 1.58. The van der Waals surface area contributed by atoms with E-state index in [1.807, 2.05) is 0 Å². The molecule has 0 saturated carbocycles. The Kier molecular flexibility index (Phi) is 5.46. The van der Waals surface area contributed by atoms with Crippen LogP contribution in [-0.2, 0) is 16.0 Å². The Morgan fingerprint density at radius 3 is 2.83 bits per heavy atom. The third-order valence-electron chi connectivity index (χ3n) is 3.29. The number of hydrogen-bond acceptors (Lipinski definition) is 4. The first-order valence-electron chi connectivity index (χ1n) is 7.16. The second kappa shape index (κ2) is 7.53. The van der Waals surface area contributed by atoms with Gasteiger partial charge in [0.2, 0.25) is 5.91 Å². The second-order valence-corrected chi connectivity index (χ2v) is 5.14. The van der Waals surface area contributed by atoms with E-state index in [1.165, 1.54) is 19.2 Å². The number of hydrogen-bond donors (Lipinski definition) is 2. The average molecular weight is 320 g/mol. The van der Waals surface area contributed by atoms with E-state index in [0.29, 0.717) is 17.2 Å². The third kappa shape index (κ3) is 4.64. The van der Waals surface area contributed by atoms with E-state index in [9.17, 15) is 14.0 Å². The number of aryl methyl sites for hydroxylation is 1. The maximum absolute atomic E-state index is 13.6. The molecule has 23 heavy (non-hydrogen) atoms. The summed E-state index contributed by atoms with van der Waals surface area (Å²) in [6.07, 6.45) is 1.78. The lowest BCUT2D eigenvalue weighted by Gasteiger charge is -2.07. The van der Waals surface area contributed by atoms with Crippen molar-refractivity contribution in [2.45, 2.75) is 19.8 Å². The quantitative estimate of drug-likeness (QED) is 0.816. The maximum Gasteiger partial charge on any atom is 0.308 e. The molecule has 0 radical (unpaired) electrons. The lowest BCUT2D eigenvalue weighted by Crippen LogP contribution is -2.31. The number of benzene rings is 1. The van der Waals surface area contributed by atoms with Crippen LogP contribution in [0.2, 0.25) is 0 Å². The Bertz CT molecular complexity index is 699. The number of carbonyl (C=O) groups excluding carboxylic acids is 1. The van der Waals surface area contributed by atoms with Crippen LogP contribution in [-0.4, -0.2) is 28.5 Å².